The smallest absolute Gasteiger partial charge is 0.0221 e. The van der Waals surface area contributed by atoms with E-state index in [0.29, 0.717) is 5.92 Å². The molecule has 2 aliphatic rings. The monoisotopic (exact) mass is 238 g/mol. The van der Waals surface area contributed by atoms with E-state index >= 15 is 0 Å². The van der Waals surface area contributed by atoms with Crippen molar-refractivity contribution >= 4 is 0 Å². The molecular weight excluding hydrogens is 208 g/mol. The van der Waals surface area contributed by atoms with Crippen molar-refractivity contribution in [1.29, 1.82) is 0 Å². The first-order valence-electron chi connectivity index (χ1n) is 7.60. The number of hydrogen-bond acceptors (Lipinski definition) is 2. The maximum absolute atomic E-state index is 6.23. The Morgan fingerprint density at radius 3 is 2.29 bits per heavy atom. The molecule has 2 fully saturated rings. The van der Waals surface area contributed by atoms with Crippen molar-refractivity contribution in [3.8, 4) is 0 Å². The number of rotatable bonds is 2. The molecule has 2 rings (SSSR count). The van der Waals surface area contributed by atoms with Gasteiger partial charge in [-0.25, -0.2) is 0 Å². The van der Waals surface area contributed by atoms with Crippen molar-refractivity contribution in [2.45, 2.75) is 70.9 Å². The first-order chi connectivity index (χ1) is 8.09. The van der Waals surface area contributed by atoms with Crippen molar-refractivity contribution < 1.29 is 0 Å². The normalized spacial score (nSPS) is 48.0. The van der Waals surface area contributed by atoms with Crippen LogP contribution in [-0.2, 0) is 0 Å². The first kappa shape index (κ1) is 13.4. The molecule has 2 heteroatoms. The largest absolute Gasteiger partial charge is 0.326 e. The fraction of sp³-hybridized carbons (Fsp3) is 1.00. The van der Waals surface area contributed by atoms with E-state index in [1.807, 2.05) is 0 Å². The summed E-state index contributed by atoms with van der Waals surface area (Å²) in [7, 11) is 0. The maximum Gasteiger partial charge on any atom is 0.0221 e. The summed E-state index contributed by atoms with van der Waals surface area (Å²) in [6.45, 7) is 4.77. The molecule has 4 N–H and O–H groups in total. The minimum atomic E-state index is 0.229. The second-order valence-electron chi connectivity index (χ2n) is 6.70. The van der Waals surface area contributed by atoms with Gasteiger partial charge in [-0.3, -0.25) is 0 Å². The molecule has 0 aromatic carbocycles. The fourth-order valence-electron chi connectivity index (χ4n) is 4.03. The van der Waals surface area contributed by atoms with Gasteiger partial charge in [0.25, 0.3) is 0 Å². The quantitative estimate of drug-likeness (QED) is 0.777. The minimum Gasteiger partial charge on any atom is -0.326 e. The standard InChI is InChI=1S/C15H30N2/c1-10-5-3-4-6-12(10)9-13-7-8-14(16)15(17)11(13)2/h10-15H,3-9,16-17H2,1-2H3. The summed E-state index contributed by atoms with van der Waals surface area (Å²) in [5.74, 6) is 3.34. The zero-order chi connectivity index (χ0) is 12.4. The van der Waals surface area contributed by atoms with E-state index < -0.39 is 0 Å². The Kier molecular flexibility index (Phi) is 4.48. The molecule has 0 aliphatic heterocycles. The summed E-state index contributed by atoms with van der Waals surface area (Å²) in [4.78, 5) is 0. The van der Waals surface area contributed by atoms with E-state index in [0.717, 1.165) is 24.2 Å². The molecule has 100 valence electrons. The third-order valence-corrected chi connectivity index (χ3v) is 5.61. The molecule has 0 radical (unpaired) electrons. The van der Waals surface area contributed by atoms with Gasteiger partial charge in [0.2, 0.25) is 0 Å². The van der Waals surface area contributed by atoms with Gasteiger partial charge in [-0.2, -0.15) is 0 Å². The molecule has 0 aromatic rings. The fourth-order valence-corrected chi connectivity index (χ4v) is 4.03. The van der Waals surface area contributed by atoms with Crippen LogP contribution in [0, 0.1) is 23.7 Å². The van der Waals surface area contributed by atoms with Crippen LogP contribution in [0.3, 0.4) is 0 Å². The highest BCUT2D eigenvalue weighted by Crippen LogP contribution is 2.39. The predicted molar refractivity (Wildman–Crippen MR) is 73.6 cm³/mol. The van der Waals surface area contributed by atoms with Crippen molar-refractivity contribution in [1.82, 2.24) is 0 Å². The van der Waals surface area contributed by atoms with Crippen molar-refractivity contribution in [3.05, 3.63) is 0 Å². The van der Waals surface area contributed by atoms with Crippen LogP contribution in [0.5, 0.6) is 0 Å². The van der Waals surface area contributed by atoms with Gasteiger partial charge in [0.15, 0.2) is 0 Å². The summed E-state index contributed by atoms with van der Waals surface area (Å²) in [5, 5.41) is 0. The van der Waals surface area contributed by atoms with Gasteiger partial charge >= 0.3 is 0 Å². The summed E-state index contributed by atoms with van der Waals surface area (Å²) in [5.41, 5.74) is 12.3. The van der Waals surface area contributed by atoms with E-state index in [1.165, 1.54) is 38.5 Å². The summed E-state index contributed by atoms with van der Waals surface area (Å²) < 4.78 is 0. The first-order valence-corrected chi connectivity index (χ1v) is 7.60. The second kappa shape index (κ2) is 5.71. The average molecular weight is 238 g/mol. The van der Waals surface area contributed by atoms with Crippen LogP contribution in [-0.4, -0.2) is 12.1 Å². The predicted octanol–water partition coefficient (Wildman–Crippen LogP) is 2.90. The molecule has 0 bridgehead atoms. The lowest BCUT2D eigenvalue weighted by molar-refractivity contribution is 0.131. The SMILES string of the molecule is CC1CCCCC1CC1CCC(N)C(N)C1C. The Morgan fingerprint density at radius 1 is 0.882 bits per heavy atom. The Hall–Kier alpha value is -0.0800. The molecular formula is C15H30N2. The topological polar surface area (TPSA) is 52.0 Å². The zero-order valence-electron chi connectivity index (χ0n) is 11.6. The van der Waals surface area contributed by atoms with Crippen LogP contribution in [0.25, 0.3) is 0 Å². The molecule has 2 nitrogen and oxygen atoms in total. The van der Waals surface area contributed by atoms with Crippen molar-refractivity contribution in [3.63, 3.8) is 0 Å². The van der Waals surface area contributed by atoms with Crippen LogP contribution in [0.1, 0.15) is 58.8 Å². The van der Waals surface area contributed by atoms with E-state index in [2.05, 4.69) is 13.8 Å². The molecule has 0 spiro atoms. The maximum atomic E-state index is 6.23. The van der Waals surface area contributed by atoms with Crippen LogP contribution < -0.4 is 11.5 Å². The lowest BCUT2D eigenvalue weighted by Crippen LogP contribution is -2.51. The molecule has 0 heterocycles. The third kappa shape index (κ3) is 3.03. The molecule has 6 atom stereocenters. The van der Waals surface area contributed by atoms with E-state index in [9.17, 15) is 0 Å². The highest BCUT2D eigenvalue weighted by Gasteiger charge is 2.35. The van der Waals surface area contributed by atoms with E-state index in [4.69, 9.17) is 11.5 Å². The van der Waals surface area contributed by atoms with Gasteiger partial charge in [0.05, 0.1) is 0 Å². The lowest BCUT2D eigenvalue weighted by Gasteiger charge is -2.41. The third-order valence-electron chi connectivity index (χ3n) is 5.61. The van der Waals surface area contributed by atoms with Crippen LogP contribution in [0.4, 0.5) is 0 Å². The van der Waals surface area contributed by atoms with Gasteiger partial charge in [0, 0.05) is 12.1 Å². The Bertz CT molecular complexity index is 241. The Balaban J connectivity index is 1.89. The average Bonchev–Trinajstić information content (AvgIpc) is 2.32. The van der Waals surface area contributed by atoms with Gasteiger partial charge < -0.3 is 11.5 Å². The molecule has 0 amide bonds. The van der Waals surface area contributed by atoms with Crippen LogP contribution >= 0.6 is 0 Å². The van der Waals surface area contributed by atoms with Gasteiger partial charge in [0.1, 0.15) is 0 Å². The molecule has 0 saturated heterocycles. The lowest BCUT2D eigenvalue weighted by atomic mass is 9.68. The molecule has 2 aliphatic carbocycles. The van der Waals surface area contributed by atoms with Gasteiger partial charge in [-0.1, -0.05) is 39.5 Å². The minimum absolute atomic E-state index is 0.229. The van der Waals surface area contributed by atoms with Crippen molar-refractivity contribution in [2.24, 2.45) is 35.1 Å². The number of hydrogen-bond donors (Lipinski definition) is 2. The van der Waals surface area contributed by atoms with Gasteiger partial charge in [-0.05, 0) is 42.9 Å². The molecule has 17 heavy (non-hydrogen) atoms. The Labute approximate surface area is 107 Å². The van der Waals surface area contributed by atoms with Crippen LogP contribution in [0.15, 0.2) is 0 Å². The van der Waals surface area contributed by atoms with E-state index in [1.54, 1.807) is 0 Å². The molecule has 6 unspecified atom stereocenters. The Morgan fingerprint density at radius 2 is 1.59 bits per heavy atom. The van der Waals surface area contributed by atoms with E-state index in [-0.39, 0.29) is 12.1 Å². The van der Waals surface area contributed by atoms with Crippen molar-refractivity contribution in [2.75, 3.05) is 0 Å². The highest BCUT2D eigenvalue weighted by atomic mass is 14.8. The second-order valence-corrected chi connectivity index (χ2v) is 6.70. The zero-order valence-corrected chi connectivity index (χ0v) is 11.6. The molecule has 0 aromatic heterocycles. The highest BCUT2D eigenvalue weighted by molar-refractivity contribution is 4.91. The summed E-state index contributed by atoms with van der Waals surface area (Å²) >= 11 is 0. The van der Waals surface area contributed by atoms with Gasteiger partial charge in [-0.15, -0.1) is 0 Å². The molecule has 2 saturated carbocycles. The summed E-state index contributed by atoms with van der Waals surface area (Å²) in [6.07, 6.45) is 9.63. The summed E-state index contributed by atoms with van der Waals surface area (Å²) in [6, 6.07) is 0.470. The van der Waals surface area contributed by atoms with Crippen LogP contribution in [0.2, 0.25) is 0 Å². The number of nitrogens with two attached hydrogens (primary N) is 2.